The van der Waals surface area contributed by atoms with Crippen molar-refractivity contribution in [2.24, 2.45) is 0 Å². The third-order valence-corrected chi connectivity index (χ3v) is 4.02. The van der Waals surface area contributed by atoms with Crippen molar-refractivity contribution >= 4 is 11.8 Å². The van der Waals surface area contributed by atoms with Crippen LogP contribution in [0.25, 0.3) is 0 Å². The molecule has 0 bridgehead atoms. The van der Waals surface area contributed by atoms with E-state index in [1.165, 1.54) is 0 Å². The zero-order chi connectivity index (χ0) is 14.5. The molecule has 5 nitrogen and oxygen atoms in total. The molecule has 5 heteroatoms. The zero-order valence-corrected chi connectivity index (χ0v) is 13.3. The fraction of sp³-hybridized carbons (Fsp3) is 0.733. The van der Waals surface area contributed by atoms with Crippen molar-refractivity contribution in [3.05, 3.63) is 11.8 Å². The van der Waals surface area contributed by atoms with Gasteiger partial charge in [0.25, 0.3) is 0 Å². The van der Waals surface area contributed by atoms with Crippen LogP contribution in [0.4, 0.5) is 11.8 Å². The van der Waals surface area contributed by atoms with Crippen LogP contribution in [0.15, 0.2) is 6.07 Å². The van der Waals surface area contributed by atoms with Crippen LogP contribution in [0.2, 0.25) is 0 Å². The molecule has 0 N–H and O–H groups in total. The summed E-state index contributed by atoms with van der Waals surface area (Å²) in [5.74, 6) is 1.94. The predicted octanol–water partition coefficient (Wildman–Crippen LogP) is 1.77. The molecule has 0 spiro atoms. The van der Waals surface area contributed by atoms with Crippen molar-refractivity contribution in [1.82, 2.24) is 14.9 Å². The maximum absolute atomic E-state index is 4.77. The van der Waals surface area contributed by atoms with Gasteiger partial charge < -0.3 is 14.7 Å². The summed E-state index contributed by atoms with van der Waals surface area (Å²) in [6.07, 6.45) is 0. The summed E-state index contributed by atoms with van der Waals surface area (Å²) in [6.45, 7) is 16.0. The first-order valence-corrected chi connectivity index (χ1v) is 7.75. The standard InChI is InChI=1S/C15H27N5/c1-5-18-8-10-20(11-9-18)15-16-13(4)12-14(17-15)19(6-2)7-3/h12H,5-11H2,1-4H3. The number of likely N-dealkylation sites (N-methyl/N-ethyl adjacent to an activating group) is 1. The molecule has 1 aliphatic rings. The van der Waals surface area contributed by atoms with Crippen LogP contribution >= 0.6 is 0 Å². The normalized spacial score (nSPS) is 16.5. The van der Waals surface area contributed by atoms with Crippen molar-refractivity contribution in [3.8, 4) is 0 Å². The SMILES string of the molecule is CCN1CCN(c2nc(C)cc(N(CC)CC)n2)CC1. The molecule has 1 fully saturated rings. The number of anilines is 2. The summed E-state index contributed by atoms with van der Waals surface area (Å²) in [5, 5.41) is 0. The molecule has 0 saturated carbocycles. The molecule has 0 amide bonds. The van der Waals surface area contributed by atoms with Crippen molar-refractivity contribution < 1.29 is 0 Å². The van der Waals surface area contributed by atoms with Crippen molar-refractivity contribution in [1.29, 1.82) is 0 Å². The molecule has 0 aromatic carbocycles. The van der Waals surface area contributed by atoms with Crippen molar-refractivity contribution in [2.45, 2.75) is 27.7 Å². The number of rotatable bonds is 5. The van der Waals surface area contributed by atoms with E-state index in [4.69, 9.17) is 4.98 Å². The third-order valence-electron chi connectivity index (χ3n) is 4.02. The smallest absolute Gasteiger partial charge is 0.227 e. The van der Waals surface area contributed by atoms with Crippen LogP contribution in [0, 0.1) is 6.92 Å². The number of hydrogen-bond acceptors (Lipinski definition) is 5. The highest BCUT2D eigenvalue weighted by Crippen LogP contribution is 2.18. The fourth-order valence-corrected chi connectivity index (χ4v) is 2.65. The van der Waals surface area contributed by atoms with Gasteiger partial charge >= 0.3 is 0 Å². The molecule has 0 unspecified atom stereocenters. The minimum Gasteiger partial charge on any atom is -0.357 e. The first-order valence-electron chi connectivity index (χ1n) is 7.75. The lowest BCUT2D eigenvalue weighted by molar-refractivity contribution is 0.270. The molecule has 2 heterocycles. The van der Waals surface area contributed by atoms with E-state index >= 15 is 0 Å². The molecule has 20 heavy (non-hydrogen) atoms. The molecule has 1 saturated heterocycles. The van der Waals surface area contributed by atoms with E-state index in [0.717, 1.165) is 63.3 Å². The second kappa shape index (κ2) is 6.88. The molecule has 112 valence electrons. The highest BCUT2D eigenvalue weighted by Gasteiger charge is 2.19. The van der Waals surface area contributed by atoms with Gasteiger partial charge in [-0.05, 0) is 27.3 Å². The molecule has 0 radical (unpaired) electrons. The summed E-state index contributed by atoms with van der Waals surface area (Å²) in [5.41, 5.74) is 1.05. The number of piperazine rings is 1. The summed E-state index contributed by atoms with van der Waals surface area (Å²) >= 11 is 0. The number of nitrogens with zero attached hydrogens (tertiary/aromatic N) is 5. The number of aryl methyl sites for hydroxylation is 1. The first kappa shape index (κ1) is 15.0. The van der Waals surface area contributed by atoms with Crippen molar-refractivity contribution in [3.63, 3.8) is 0 Å². The van der Waals surface area contributed by atoms with Gasteiger partial charge in [0.1, 0.15) is 5.82 Å². The first-order chi connectivity index (χ1) is 9.67. The lowest BCUT2D eigenvalue weighted by atomic mass is 10.3. The Hall–Kier alpha value is -1.36. The predicted molar refractivity (Wildman–Crippen MR) is 84.7 cm³/mol. The Bertz CT molecular complexity index is 422. The number of hydrogen-bond donors (Lipinski definition) is 0. The van der Waals surface area contributed by atoms with Crippen LogP contribution in [0.1, 0.15) is 26.5 Å². The molecule has 0 atom stereocenters. The van der Waals surface area contributed by atoms with E-state index in [1.54, 1.807) is 0 Å². The molecular weight excluding hydrogens is 250 g/mol. The van der Waals surface area contributed by atoms with Gasteiger partial charge in [-0.25, -0.2) is 4.98 Å². The minimum absolute atomic E-state index is 0.891. The second-order valence-corrected chi connectivity index (χ2v) is 5.26. The van der Waals surface area contributed by atoms with E-state index in [2.05, 4.69) is 53.4 Å². The van der Waals surface area contributed by atoms with E-state index in [-0.39, 0.29) is 0 Å². The van der Waals surface area contributed by atoms with Crippen LogP contribution in [-0.2, 0) is 0 Å². The third kappa shape index (κ3) is 3.39. The van der Waals surface area contributed by atoms with E-state index in [0.29, 0.717) is 0 Å². The maximum atomic E-state index is 4.77. The minimum atomic E-state index is 0.891. The highest BCUT2D eigenvalue weighted by molar-refractivity contribution is 5.46. The van der Waals surface area contributed by atoms with Crippen LogP contribution in [0.3, 0.4) is 0 Å². The van der Waals surface area contributed by atoms with Crippen molar-refractivity contribution in [2.75, 3.05) is 55.6 Å². The lowest BCUT2D eigenvalue weighted by Gasteiger charge is -2.34. The van der Waals surface area contributed by atoms with Gasteiger partial charge in [0.05, 0.1) is 0 Å². The van der Waals surface area contributed by atoms with E-state index in [9.17, 15) is 0 Å². The van der Waals surface area contributed by atoms with Gasteiger partial charge in [0.2, 0.25) is 5.95 Å². The largest absolute Gasteiger partial charge is 0.357 e. The Morgan fingerprint density at radius 2 is 1.70 bits per heavy atom. The van der Waals surface area contributed by atoms with Crippen LogP contribution in [-0.4, -0.2) is 60.7 Å². The fourth-order valence-electron chi connectivity index (χ4n) is 2.65. The van der Waals surface area contributed by atoms with E-state index < -0.39 is 0 Å². The monoisotopic (exact) mass is 277 g/mol. The highest BCUT2D eigenvalue weighted by atomic mass is 15.3. The summed E-state index contributed by atoms with van der Waals surface area (Å²) < 4.78 is 0. The molecule has 1 aromatic heterocycles. The molecule has 2 rings (SSSR count). The van der Waals surface area contributed by atoms with Gasteiger partial charge in [0.15, 0.2) is 0 Å². The van der Waals surface area contributed by atoms with Crippen LogP contribution in [0.5, 0.6) is 0 Å². The Labute approximate surface area is 122 Å². The molecule has 0 aliphatic carbocycles. The Morgan fingerprint density at radius 1 is 1.05 bits per heavy atom. The van der Waals surface area contributed by atoms with Gasteiger partial charge in [0, 0.05) is 51.0 Å². The van der Waals surface area contributed by atoms with Gasteiger partial charge in [-0.15, -0.1) is 0 Å². The van der Waals surface area contributed by atoms with Gasteiger partial charge in [-0.3, -0.25) is 0 Å². The lowest BCUT2D eigenvalue weighted by Crippen LogP contribution is -2.46. The Kier molecular flexibility index (Phi) is 5.17. The second-order valence-electron chi connectivity index (χ2n) is 5.26. The summed E-state index contributed by atoms with van der Waals surface area (Å²) in [4.78, 5) is 16.5. The van der Waals surface area contributed by atoms with E-state index in [1.807, 2.05) is 0 Å². The quantitative estimate of drug-likeness (QED) is 0.820. The van der Waals surface area contributed by atoms with Gasteiger partial charge in [-0.1, -0.05) is 6.92 Å². The van der Waals surface area contributed by atoms with Crippen LogP contribution < -0.4 is 9.80 Å². The molecule has 1 aliphatic heterocycles. The topological polar surface area (TPSA) is 35.5 Å². The summed E-state index contributed by atoms with van der Waals surface area (Å²) in [6, 6.07) is 2.08. The number of aromatic nitrogens is 2. The maximum Gasteiger partial charge on any atom is 0.227 e. The van der Waals surface area contributed by atoms with Gasteiger partial charge in [-0.2, -0.15) is 4.98 Å². The Balaban J connectivity index is 2.16. The average Bonchev–Trinajstić information content (AvgIpc) is 2.48. The molecular formula is C15H27N5. The molecule has 1 aromatic rings. The zero-order valence-electron chi connectivity index (χ0n) is 13.3. The summed E-state index contributed by atoms with van der Waals surface area (Å²) in [7, 11) is 0. The Morgan fingerprint density at radius 3 is 2.25 bits per heavy atom. The average molecular weight is 277 g/mol.